The van der Waals surface area contributed by atoms with Gasteiger partial charge in [-0.3, -0.25) is 0 Å². The molecule has 7 heteroatoms. The Kier molecular flexibility index (Phi) is 5.99. The molecule has 0 saturated carbocycles. The van der Waals surface area contributed by atoms with Crippen LogP contribution in [0.1, 0.15) is 24.2 Å². The molecule has 0 saturated heterocycles. The Balaban J connectivity index is 2.76. The lowest BCUT2D eigenvalue weighted by Crippen LogP contribution is -2.34. The normalized spacial score (nSPS) is 11.6. The first kappa shape index (κ1) is 16.0. The Hall–Kier alpha value is -2.08. The van der Waals surface area contributed by atoms with Gasteiger partial charge in [-0.15, -0.1) is 0 Å². The number of carbonyl (C=O) groups is 3. The third-order valence-corrected chi connectivity index (χ3v) is 2.06. The standard InChI is InChI=1S/C13H13ClO6/c1-8(2)18-11(16)12(20-13(14)17)19-10(15)9-6-4-3-5-7-9/h3-8,12H,1-2H3. The maximum atomic E-state index is 11.8. The highest BCUT2D eigenvalue weighted by Crippen LogP contribution is 2.09. The average Bonchev–Trinajstić information content (AvgIpc) is 2.37. The molecule has 0 aliphatic heterocycles. The molecule has 1 aromatic rings. The summed E-state index contributed by atoms with van der Waals surface area (Å²) in [6.45, 7) is 3.19. The predicted molar refractivity (Wildman–Crippen MR) is 69.2 cm³/mol. The van der Waals surface area contributed by atoms with Gasteiger partial charge in [-0.05, 0) is 26.0 Å². The van der Waals surface area contributed by atoms with E-state index < -0.39 is 29.8 Å². The quantitative estimate of drug-likeness (QED) is 0.472. The van der Waals surface area contributed by atoms with Gasteiger partial charge < -0.3 is 14.2 Å². The van der Waals surface area contributed by atoms with E-state index in [-0.39, 0.29) is 5.56 Å². The smallest absolute Gasteiger partial charge is 0.407 e. The van der Waals surface area contributed by atoms with Gasteiger partial charge in [-0.25, -0.2) is 14.4 Å². The minimum absolute atomic E-state index is 0.195. The molecule has 1 rings (SSSR count). The van der Waals surface area contributed by atoms with Crippen molar-refractivity contribution in [1.29, 1.82) is 0 Å². The van der Waals surface area contributed by atoms with Gasteiger partial charge >= 0.3 is 23.7 Å². The van der Waals surface area contributed by atoms with Crippen molar-refractivity contribution in [2.45, 2.75) is 26.2 Å². The number of esters is 2. The minimum Gasteiger partial charge on any atom is -0.457 e. The fourth-order valence-electron chi connectivity index (χ4n) is 1.23. The number of carbonyl (C=O) groups excluding carboxylic acids is 3. The largest absolute Gasteiger partial charge is 0.457 e. The first-order chi connectivity index (χ1) is 9.40. The van der Waals surface area contributed by atoms with E-state index in [0.29, 0.717) is 0 Å². The Labute approximate surface area is 120 Å². The van der Waals surface area contributed by atoms with Crippen LogP contribution < -0.4 is 0 Å². The molecule has 6 nitrogen and oxygen atoms in total. The number of hydrogen-bond acceptors (Lipinski definition) is 6. The topological polar surface area (TPSA) is 78.9 Å². The first-order valence-corrected chi connectivity index (χ1v) is 6.10. The second-order valence-corrected chi connectivity index (χ2v) is 4.25. The van der Waals surface area contributed by atoms with Crippen molar-refractivity contribution in [2.75, 3.05) is 0 Å². The lowest BCUT2D eigenvalue weighted by Gasteiger charge is -2.17. The minimum atomic E-state index is -1.84. The van der Waals surface area contributed by atoms with Crippen LogP contribution in [0.2, 0.25) is 0 Å². The van der Waals surface area contributed by atoms with Crippen LogP contribution >= 0.6 is 11.6 Å². The molecule has 1 unspecified atom stereocenters. The van der Waals surface area contributed by atoms with Crippen LogP contribution in [0.15, 0.2) is 30.3 Å². The fourth-order valence-corrected chi connectivity index (χ4v) is 1.31. The summed E-state index contributed by atoms with van der Waals surface area (Å²) < 4.78 is 14.0. The average molecular weight is 301 g/mol. The molecule has 0 fully saturated rings. The van der Waals surface area contributed by atoms with Gasteiger partial charge in [0.15, 0.2) is 0 Å². The highest BCUT2D eigenvalue weighted by molar-refractivity contribution is 6.61. The van der Waals surface area contributed by atoms with Crippen molar-refractivity contribution in [1.82, 2.24) is 0 Å². The molecule has 0 heterocycles. The van der Waals surface area contributed by atoms with E-state index >= 15 is 0 Å². The molecule has 0 aromatic heterocycles. The summed E-state index contributed by atoms with van der Waals surface area (Å²) in [5, 5.41) is 0. The van der Waals surface area contributed by atoms with Crippen LogP contribution in [0.5, 0.6) is 0 Å². The van der Waals surface area contributed by atoms with E-state index in [9.17, 15) is 14.4 Å². The number of halogens is 1. The summed E-state index contributed by atoms with van der Waals surface area (Å²) in [5.74, 6) is -1.85. The van der Waals surface area contributed by atoms with Crippen molar-refractivity contribution < 1.29 is 28.6 Å². The van der Waals surface area contributed by atoms with Crippen LogP contribution in [-0.4, -0.2) is 29.8 Å². The molecular weight excluding hydrogens is 288 g/mol. The summed E-state index contributed by atoms with van der Waals surface area (Å²) in [5.41, 5.74) is -1.09. The lowest BCUT2D eigenvalue weighted by molar-refractivity contribution is -0.176. The van der Waals surface area contributed by atoms with E-state index in [2.05, 4.69) is 4.74 Å². The van der Waals surface area contributed by atoms with Gasteiger partial charge in [0.1, 0.15) is 0 Å². The van der Waals surface area contributed by atoms with Crippen LogP contribution in [0.3, 0.4) is 0 Å². The summed E-state index contributed by atoms with van der Waals surface area (Å²) in [4.78, 5) is 34.1. The SMILES string of the molecule is CC(C)OC(=O)C(OC(=O)Cl)OC(=O)c1ccccc1. The van der Waals surface area contributed by atoms with Crippen molar-refractivity contribution in [2.24, 2.45) is 0 Å². The Bertz CT molecular complexity index is 485. The third kappa shape index (κ3) is 5.27. The summed E-state index contributed by atoms with van der Waals surface area (Å²) >= 11 is 5.02. The molecule has 0 amide bonds. The zero-order valence-electron chi connectivity index (χ0n) is 10.9. The van der Waals surface area contributed by atoms with E-state index in [1.165, 1.54) is 12.1 Å². The van der Waals surface area contributed by atoms with Crippen LogP contribution in [-0.2, 0) is 19.0 Å². The highest BCUT2D eigenvalue weighted by atomic mass is 35.5. The maximum absolute atomic E-state index is 11.8. The highest BCUT2D eigenvalue weighted by Gasteiger charge is 2.29. The van der Waals surface area contributed by atoms with Crippen molar-refractivity contribution in [3.05, 3.63) is 35.9 Å². The van der Waals surface area contributed by atoms with Crippen LogP contribution in [0.25, 0.3) is 0 Å². The third-order valence-electron chi connectivity index (χ3n) is 1.97. The van der Waals surface area contributed by atoms with Crippen molar-refractivity contribution >= 4 is 29.0 Å². The molecule has 1 atom stereocenters. The zero-order valence-corrected chi connectivity index (χ0v) is 11.6. The van der Waals surface area contributed by atoms with E-state index in [1.807, 2.05) is 0 Å². The van der Waals surface area contributed by atoms with Gasteiger partial charge in [0.2, 0.25) is 0 Å². The number of rotatable bonds is 5. The van der Waals surface area contributed by atoms with Crippen molar-refractivity contribution in [3.8, 4) is 0 Å². The zero-order chi connectivity index (χ0) is 15.1. The molecule has 0 N–H and O–H groups in total. The van der Waals surface area contributed by atoms with Gasteiger partial charge in [-0.1, -0.05) is 18.2 Å². The lowest BCUT2D eigenvalue weighted by atomic mass is 10.2. The molecule has 108 valence electrons. The van der Waals surface area contributed by atoms with Crippen molar-refractivity contribution in [3.63, 3.8) is 0 Å². The second kappa shape index (κ2) is 7.49. The maximum Gasteiger partial charge on any atom is 0.407 e. The summed E-state index contributed by atoms with van der Waals surface area (Å²) in [7, 11) is 0. The molecule has 0 aliphatic rings. The fraction of sp³-hybridized carbons (Fsp3) is 0.308. The molecule has 0 aliphatic carbocycles. The number of hydrogen-bond donors (Lipinski definition) is 0. The van der Waals surface area contributed by atoms with Gasteiger partial charge in [-0.2, -0.15) is 0 Å². The Morgan fingerprint density at radius 2 is 1.60 bits per heavy atom. The van der Waals surface area contributed by atoms with E-state index in [0.717, 1.165) is 0 Å². The predicted octanol–water partition coefficient (Wildman–Crippen LogP) is 2.50. The molecule has 20 heavy (non-hydrogen) atoms. The van der Waals surface area contributed by atoms with Gasteiger partial charge in [0, 0.05) is 11.6 Å². The molecule has 0 bridgehead atoms. The first-order valence-electron chi connectivity index (χ1n) is 5.72. The monoisotopic (exact) mass is 300 g/mol. The molecular formula is C13H13ClO6. The molecule has 0 radical (unpaired) electrons. The number of ether oxygens (including phenoxy) is 3. The van der Waals surface area contributed by atoms with E-state index in [4.69, 9.17) is 21.1 Å². The van der Waals surface area contributed by atoms with Crippen LogP contribution in [0, 0.1) is 0 Å². The van der Waals surface area contributed by atoms with Gasteiger partial charge in [0.05, 0.1) is 11.7 Å². The second-order valence-electron chi connectivity index (χ2n) is 3.94. The molecule has 0 spiro atoms. The Morgan fingerprint density at radius 1 is 1.00 bits per heavy atom. The number of benzene rings is 1. The summed E-state index contributed by atoms with van der Waals surface area (Å²) in [6.07, 6.45) is -2.30. The molecule has 1 aromatic carbocycles. The van der Waals surface area contributed by atoms with Crippen LogP contribution in [0.4, 0.5) is 4.79 Å². The Morgan fingerprint density at radius 3 is 2.10 bits per heavy atom. The van der Waals surface area contributed by atoms with E-state index in [1.54, 1.807) is 32.0 Å². The summed E-state index contributed by atoms with van der Waals surface area (Å²) in [6, 6.07) is 7.91. The van der Waals surface area contributed by atoms with Gasteiger partial charge in [0.25, 0.3) is 0 Å².